The molecule has 1 N–H and O–H groups in total. The Hall–Kier alpha value is -1.56. The lowest BCUT2D eigenvalue weighted by Gasteiger charge is -2.33. The van der Waals surface area contributed by atoms with Crippen molar-refractivity contribution in [3.63, 3.8) is 0 Å². The van der Waals surface area contributed by atoms with Crippen LogP contribution in [0.25, 0.3) is 10.7 Å². The second kappa shape index (κ2) is 5.48. The smallest absolute Gasteiger partial charge is 0.192 e. The molecule has 0 fully saturated rings. The van der Waals surface area contributed by atoms with Crippen LogP contribution in [0, 0.1) is 6.92 Å². The first-order valence-electron chi connectivity index (χ1n) is 7.19. The normalized spacial score (nSPS) is 18.4. The molecule has 24 heavy (non-hydrogen) atoms. The number of pyridine rings is 1. The van der Waals surface area contributed by atoms with Crippen LogP contribution in [-0.2, 0) is 14.6 Å². The quantitative estimate of drug-likeness (QED) is 0.771. The van der Waals surface area contributed by atoms with Gasteiger partial charge in [-0.15, -0.1) is 0 Å². The van der Waals surface area contributed by atoms with Crippen LogP contribution in [0.5, 0.6) is 0 Å². The zero-order valence-electron chi connectivity index (χ0n) is 13.3. The third-order valence-electron chi connectivity index (χ3n) is 4.41. The summed E-state index contributed by atoms with van der Waals surface area (Å²) in [6.45, 7) is 4.84. The number of aliphatic hydroxyl groups excluding tert-OH is 1. The molecule has 2 heterocycles. The van der Waals surface area contributed by atoms with Gasteiger partial charge in [0.1, 0.15) is 10.6 Å². The summed E-state index contributed by atoms with van der Waals surface area (Å²) >= 11 is 12.4. The summed E-state index contributed by atoms with van der Waals surface area (Å²) in [6, 6.07) is 6.40. The molecule has 0 bridgehead atoms. The van der Waals surface area contributed by atoms with Gasteiger partial charge >= 0.3 is 0 Å². The molecular weight excluding hydrogens is 369 g/mol. The molecule has 1 aromatic heterocycles. The van der Waals surface area contributed by atoms with Crippen molar-refractivity contribution < 1.29 is 13.5 Å². The summed E-state index contributed by atoms with van der Waals surface area (Å²) in [5.74, 6) is -0.405. The number of aliphatic hydroxyl groups is 1. The molecule has 4 nitrogen and oxygen atoms in total. The second-order valence-corrected chi connectivity index (χ2v) is 9.37. The molecule has 0 amide bonds. The fraction of sp³-hybridized carbons (Fsp3) is 0.235. The number of hydrogen-bond donors (Lipinski definition) is 1. The molecule has 0 aliphatic carbocycles. The first-order valence-corrected chi connectivity index (χ1v) is 9.43. The molecule has 0 atom stereocenters. The molecule has 1 aromatic carbocycles. The average molecular weight is 384 g/mol. The van der Waals surface area contributed by atoms with Crippen LogP contribution in [-0.4, -0.2) is 18.5 Å². The van der Waals surface area contributed by atoms with Crippen molar-refractivity contribution in [3.05, 3.63) is 62.9 Å². The minimum atomic E-state index is -3.93. The van der Waals surface area contributed by atoms with Crippen molar-refractivity contribution >= 4 is 43.7 Å². The number of sulfone groups is 1. The highest BCUT2D eigenvalue weighted by Crippen LogP contribution is 2.49. The molecule has 2 aromatic rings. The largest absolute Gasteiger partial charge is 0.504 e. The van der Waals surface area contributed by atoms with E-state index in [1.165, 1.54) is 12.3 Å². The van der Waals surface area contributed by atoms with Gasteiger partial charge in [0.05, 0.1) is 4.75 Å². The zero-order chi connectivity index (χ0) is 17.9. The van der Waals surface area contributed by atoms with Gasteiger partial charge in [0.25, 0.3) is 0 Å². The predicted octanol–water partition coefficient (Wildman–Crippen LogP) is 4.74. The van der Waals surface area contributed by atoms with E-state index in [9.17, 15) is 13.5 Å². The van der Waals surface area contributed by atoms with Gasteiger partial charge in [-0.1, -0.05) is 29.3 Å². The van der Waals surface area contributed by atoms with Crippen LogP contribution in [0.4, 0.5) is 0 Å². The first-order chi connectivity index (χ1) is 11.1. The standard InChI is InChI=1S/C17H15Cl2NO3S/c1-9-11(18)6-7-12(19)13(9)16-15(21)14-10(5-4-8-20-14)17(2,3)24(16,22)23/h4-8,21H,1-3H3. The molecule has 1 aliphatic rings. The Morgan fingerprint density at radius 3 is 2.42 bits per heavy atom. The maximum atomic E-state index is 13.3. The summed E-state index contributed by atoms with van der Waals surface area (Å²) in [7, 11) is -3.93. The highest BCUT2D eigenvalue weighted by Gasteiger charge is 2.48. The molecule has 0 radical (unpaired) electrons. The summed E-state index contributed by atoms with van der Waals surface area (Å²) in [5.41, 5.74) is 1.39. The molecular formula is C17H15Cl2NO3S. The van der Waals surface area contributed by atoms with E-state index in [-0.39, 0.29) is 21.2 Å². The number of halogens is 2. The highest BCUT2D eigenvalue weighted by molar-refractivity contribution is 8.01. The Bertz CT molecular complexity index is 995. The number of fused-ring (bicyclic) bond motifs is 1. The summed E-state index contributed by atoms with van der Waals surface area (Å²) in [6.07, 6.45) is 1.51. The lowest BCUT2D eigenvalue weighted by molar-refractivity contribution is 0.501. The monoisotopic (exact) mass is 383 g/mol. The minimum absolute atomic E-state index is 0.206. The topological polar surface area (TPSA) is 67.3 Å². The maximum absolute atomic E-state index is 13.3. The van der Waals surface area contributed by atoms with Crippen molar-refractivity contribution in [3.8, 4) is 0 Å². The van der Waals surface area contributed by atoms with Gasteiger partial charge in [-0.25, -0.2) is 8.42 Å². The van der Waals surface area contributed by atoms with E-state index in [1.54, 1.807) is 39.0 Å². The van der Waals surface area contributed by atoms with Crippen molar-refractivity contribution in [1.82, 2.24) is 4.98 Å². The van der Waals surface area contributed by atoms with Gasteiger partial charge in [0.15, 0.2) is 15.6 Å². The Morgan fingerprint density at radius 2 is 1.75 bits per heavy atom. The number of nitrogens with zero attached hydrogens (tertiary/aromatic N) is 1. The van der Waals surface area contributed by atoms with Gasteiger partial charge in [-0.2, -0.15) is 0 Å². The van der Waals surface area contributed by atoms with Crippen LogP contribution in [0.1, 0.15) is 36.2 Å². The van der Waals surface area contributed by atoms with E-state index in [0.717, 1.165) is 0 Å². The van der Waals surface area contributed by atoms with E-state index in [0.29, 0.717) is 16.1 Å². The number of rotatable bonds is 1. The zero-order valence-corrected chi connectivity index (χ0v) is 15.6. The third kappa shape index (κ3) is 2.19. The van der Waals surface area contributed by atoms with E-state index >= 15 is 0 Å². The van der Waals surface area contributed by atoms with Gasteiger partial charge in [0.2, 0.25) is 0 Å². The van der Waals surface area contributed by atoms with E-state index in [1.807, 2.05) is 0 Å². The van der Waals surface area contributed by atoms with Crippen molar-refractivity contribution in [1.29, 1.82) is 0 Å². The SMILES string of the molecule is Cc1c(Cl)ccc(Cl)c1C1=C(O)c2ncccc2C(C)(C)S1(=O)=O. The Labute approximate surface area is 150 Å². The van der Waals surface area contributed by atoms with Gasteiger partial charge in [-0.3, -0.25) is 4.98 Å². The minimum Gasteiger partial charge on any atom is -0.504 e. The molecule has 0 spiro atoms. The Kier molecular flexibility index (Phi) is 3.94. The summed E-state index contributed by atoms with van der Waals surface area (Å²) in [5, 5.41) is 11.3. The van der Waals surface area contributed by atoms with Gasteiger partial charge < -0.3 is 5.11 Å². The van der Waals surface area contributed by atoms with Crippen LogP contribution < -0.4 is 0 Å². The third-order valence-corrected chi connectivity index (χ3v) is 7.63. The van der Waals surface area contributed by atoms with E-state index in [4.69, 9.17) is 23.2 Å². The van der Waals surface area contributed by atoms with Crippen LogP contribution in [0.2, 0.25) is 10.0 Å². The predicted molar refractivity (Wildman–Crippen MR) is 96.8 cm³/mol. The Morgan fingerprint density at radius 1 is 1.12 bits per heavy atom. The number of hydrogen-bond acceptors (Lipinski definition) is 4. The maximum Gasteiger partial charge on any atom is 0.192 e. The molecule has 7 heteroatoms. The Balaban J connectivity index is 2.51. The highest BCUT2D eigenvalue weighted by atomic mass is 35.5. The molecule has 0 unspecified atom stereocenters. The van der Waals surface area contributed by atoms with Crippen LogP contribution in [0.15, 0.2) is 30.5 Å². The van der Waals surface area contributed by atoms with Crippen molar-refractivity contribution in [2.24, 2.45) is 0 Å². The molecule has 0 saturated carbocycles. The molecule has 3 rings (SSSR count). The van der Waals surface area contributed by atoms with Crippen LogP contribution in [0.3, 0.4) is 0 Å². The van der Waals surface area contributed by atoms with Gasteiger partial charge in [-0.05, 0) is 44.5 Å². The van der Waals surface area contributed by atoms with E-state index in [2.05, 4.69) is 4.98 Å². The lowest BCUT2D eigenvalue weighted by atomic mass is 9.97. The molecule has 126 valence electrons. The fourth-order valence-electron chi connectivity index (χ4n) is 2.90. The first kappa shape index (κ1) is 17.3. The molecule has 1 aliphatic heterocycles. The van der Waals surface area contributed by atoms with Crippen LogP contribution >= 0.6 is 23.2 Å². The summed E-state index contributed by atoms with van der Waals surface area (Å²) in [4.78, 5) is 3.94. The van der Waals surface area contributed by atoms with Crippen molar-refractivity contribution in [2.45, 2.75) is 25.5 Å². The summed E-state index contributed by atoms with van der Waals surface area (Å²) < 4.78 is 25.3. The lowest BCUT2D eigenvalue weighted by Crippen LogP contribution is -2.35. The average Bonchev–Trinajstić information content (AvgIpc) is 2.53. The number of benzene rings is 1. The molecule has 0 saturated heterocycles. The fourth-order valence-corrected chi connectivity index (χ4v) is 5.26. The van der Waals surface area contributed by atoms with Gasteiger partial charge in [0, 0.05) is 27.4 Å². The van der Waals surface area contributed by atoms with E-state index < -0.39 is 20.3 Å². The second-order valence-electron chi connectivity index (χ2n) is 6.12. The van der Waals surface area contributed by atoms with Crippen molar-refractivity contribution in [2.75, 3.05) is 0 Å². The number of aromatic nitrogens is 1.